The van der Waals surface area contributed by atoms with Crippen LogP contribution in [0.25, 0.3) is 11.8 Å². The van der Waals surface area contributed by atoms with Gasteiger partial charge in [-0.2, -0.15) is 13.2 Å². The van der Waals surface area contributed by atoms with E-state index >= 15 is 0 Å². The molecule has 0 aliphatic heterocycles. The van der Waals surface area contributed by atoms with Crippen LogP contribution in [-0.2, 0) is 6.18 Å². The second kappa shape index (κ2) is 5.57. The van der Waals surface area contributed by atoms with Gasteiger partial charge in [0.1, 0.15) is 11.6 Å². The number of nitrogens with one attached hydrogen (secondary N) is 1. The van der Waals surface area contributed by atoms with Crippen LogP contribution in [0, 0.1) is 6.92 Å². The molecule has 0 unspecified atom stereocenters. The molecule has 120 valence electrons. The van der Waals surface area contributed by atoms with Gasteiger partial charge in [-0.25, -0.2) is 9.97 Å². The Morgan fingerprint density at radius 1 is 1.26 bits per heavy atom. The second-order valence-corrected chi connectivity index (χ2v) is 5.41. The molecule has 0 fully saturated rings. The van der Waals surface area contributed by atoms with Crippen LogP contribution in [0.3, 0.4) is 0 Å². The van der Waals surface area contributed by atoms with Gasteiger partial charge in [-0.05, 0) is 43.5 Å². The minimum atomic E-state index is -4.41. The molecule has 0 bridgehead atoms. The third-order valence-corrected chi connectivity index (χ3v) is 3.67. The molecule has 1 aliphatic rings. The largest absolute Gasteiger partial charge is 0.416 e. The second-order valence-electron chi connectivity index (χ2n) is 5.41. The van der Waals surface area contributed by atoms with Crippen molar-refractivity contribution in [2.24, 2.45) is 5.73 Å². The van der Waals surface area contributed by atoms with E-state index in [2.05, 4.69) is 15.3 Å². The number of hydrogen-bond donors (Lipinski definition) is 2. The minimum Gasteiger partial charge on any atom is -0.401 e. The zero-order valence-corrected chi connectivity index (χ0v) is 12.4. The van der Waals surface area contributed by atoms with Crippen molar-refractivity contribution < 1.29 is 13.2 Å². The summed E-state index contributed by atoms with van der Waals surface area (Å²) in [6, 6.07) is 3.79. The Hall–Kier alpha value is -2.57. The van der Waals surface area contributed by atoms with E-state index < -0.39 is 11.7 Å². The number of pyridine rings is 2. The van der Waals surface area contributed by atoms with Crippen LogP contribution >= 0.6 is 0 Å². The van der Waals surface area contributed by atoms with Crippen LogP contribution in [-0.4, -0.2) is 9.97 Å². The molecule has 7 heteroatoms. The number of alkyl halides is 3. The molecule has 2 heterocycles. The molecule has 0 spiro atoms. The third kappa shape index (κ3) is 3.13. The number of anilines is 2. The molecule has 0 amide bonds. The van der Waals surface area contributed by atoms with E-state index in [0.717, 1.165) is 53.0 Å². The van der Waals surface area contributed by atoms with Crippen molar-refractivity contribution in [1.29, 1.82) is 0 Å². The first kappa shape index (κ1) is 15.3. The first-order valence-electron chi connectivity index (χ1n) is 7.11. The Balaban J connectivity index is 2.01. The van der Waals surface area contributed by atoms with Gasteiger partial charge < -0.3 is 11.1 Å². The predicted molar refractivity (Wildman–Crippen MR) is 82.0 cm³/mol. The van der Waals surface area contributed by atoms with Gasteiger partial charge >= 0.3 is 6.18 Å². The molecule has 0 radical (unpaired) electrons. The highest BCUT2D eigenvalue weighted by molar-refractivity contribution is 5.58. The van der Waals surface area contributed by atoms with Crippen LogP contribution in [0.4, 0.5) is 24.8 Å². The molecule has 3 N–H and O–H groups in total. The number of nitrogens with zero attached hydrogens (tertiary/aromatic N) is 2. The summed E-state index contributed by atoms with van der Waals surface area (Å²) in [5.74, 6) is 0.574. The van der Waals surface area contributed by atoms with E-state index in [0.29, 0.717) is 5.82 Å². The predicted octanol–water partition coefficient (Wildman–Crippen LogP) is 2.19. The van der Waals surface area contributed by atoms with E-state index in [1.54, 1.807) is 0 Å². The molecule has 2 aromatic heterocycles. The highest BCUT2D eigenvalue weighted by Gasteiger charge is 2.30. The average Bonchev–Trinajstić information content (AvgIpc) is 2.49. The molecule has 3 rings (SSSR count). The number of aryl methyl sites for hydroxylation is 1. The van der Waals surface area contributed by atoms with Gasteiger partial charge in [0, 0.05) is 17.1 Å². The lowest BCUT2D eigenvalue weighted by Gasteiger charge is -2.12. The summed E-state index contributed by atoms with van der Waals surface area (Å²) in [5, 5.41) is 4.49. The summed E-state index contributed by atoms with van der Waals surface area (Å²) >= 11 is 0. The van der Waals surface area contributed by atoms with E-state index in [4.69, 9.17) is 5.73 Å². The summed E-state index contributed by atoms with van der Waals surface area (Å²) in [6.45, 7) is 1.82. The van der Waals surface area contributed by atoms with E-state index in [1.807, 2.05) is 19.1 Å². The van der Waals surface area contributed by atoms with Gasteiger partial charge in [-0.3, -0.25) is 0 Å². The van der Waals surface area contributed by atoms with Crippen molar-refractivity contribution in [3.05, 3.63) is 46.1 Å². The SMILES string of the molecule is Cc1cc2c(nc1Nc1cc(C(F)(F)F)ccn1)=CCCC=2N. The fourth-order valence-electron chi connectivity index (χ4n) is 2.46. The normalized spacial score (nSPS) is 14.2. The Bertz CT molecular complexity index is 872. The van der Waals surface area contributed by atoms with Crippen molar-refractivity contribution >= 4 is 23.4 Å². The van der Waals surface area contributed by atoms with E-state index in [-0.39, 0.29) is 5.82 Å². The number of fused-ring (bicyclic) bond motifs is 1. The number of rotatable bonds is 2. The zero-order valence-electron chi connectivity index (χ0n) is 12.4. The maximum absolute atomic E-state index is 12.8. The first-order valence-corrected chi connectivity index (χ1v) is 7.11. The molecule has 23 heavy (non-hydrogen) atoms. The molecular weight excluding hydrogens is 305 g/mol. The Kier molecular flexibility index (Phi) is 3.71. The van der Waals surface area contributed by atoms with Crippen LogP contribution in [0.15, 0.2) is 24.4 Å². The van der Waals surface area contributed by atoms with E-state index in [1.165, 1.54) is 0 Å². The van der Waals surface area contributed by atoms with Gasteiger partial charge in [0.05, 0.1) is 10.9 Å². The maximum Gasteiger partial charge on any atom is 0.416 e. The van der Waals surface area contributed by atoms with Gasteiger partial charge in [-0.1, -0.05) is 6.08 Å². The van der Waals surface area contributed by atoms with Crippen LogP contribution in [0.2, 0.25) is 0 Å². The molecule has 1 aliphatic carbocycles. The maximum atomic E-state index is 12.8. The summed E-state index contributed by atoms with van der Waals surface area (Å²) in [6.07, 6.45) is 0.272. The number of nitrogens with two attached hydrogens (primary N) is 1. The molecule has 0 aromatic carbocycles. The third-order valence-electron chi connectivity index (χ3n) is 3.67. The first-order chi connectivity index (χ1) is 10.8. The Morgan fingerprint density at radius 3 is 2.78 bits per heavy atom. The number of halogens is 3. The Morgan fingerprint density at radius 2 is 2.04 bits per heavy atom. The van der Waals surface area contributed by atoms with Crippen LogP contribution in [0.5, 0.6) is 0 Å². The zero-order chi connectivity index (χ0) is 16.6. The van der Waals surface area contributed by atoms with Crippen molar-refractivity contribution in [3.8, 4) is 0 Å². The minimum absolute atomic E-state index is 0.100. The fourth-order valence-corrected chi connectivity index (χ4v) is 2.46. The fraction of sp³-hybridized carbons (Fsp3) is 0.250. The van der Waals surface area contributed by atoms with Crippen LogP contribution in [0.1, 0.15) is 24.0 Å². The van der Waals surface area contributed by atoms with Gasteiger partial charge in [-0.15, -0.1) is 0 Å². The summed E-state index contributed by atoms with van der Waals surface area (Å²) in [4.78, 5) is 8.39. The lowest BCUT2D eigenvalue weighted by Crippen LogP contribution is -2.35. The van der Waals surface area contributed by atoms with Crippen molar-refractivity contribution in [2.45, 2.75) is 25.9 Å². The molecule has 0 saturated carbocycles. The average molecular weight is 320 g/mol. The van der Waals surface area contributed by atoms with Crippen molar-refractivity contribution in [1.82, 2.24) is 9.97 Å². The molecular formula is C16H15F3N4. The van der Waals surface area contributed by atoms with E-state index in [9.17, 15) is 13.2 Å². The van der Waals surface area contributed by atoms with Gasteiger partial charge in [0.25, 0.3) is 0 Å². The standard InChI is InChI=1S/C16H15F3N4/c1-9-7-11-12(20)3-2-4-13(11)22-15(9)23-14-8-10(5-6-21-14)16(17,18)19/h4-8H,2-3,20H2,1H3,(H,21,22,23). The molecule has 2 aromatic rings. The lowest BCUT2D eigenvalue weighted by atomic mass is 10.1. The molecule has 4 nitrogen and oxygen atoms in total. The topological polar surface area (TPSA) is 63.8 Å². The number of hydrogen-bond acceptors (Lipinski definition) is 4. The van der Waals surface area contributed by atoms with Crippen molar-refractivity contribution in [2.75, 3.05) is 5.32 Å². The monoisotopic (exact) mass is 320 g/mol. The van der Waals surface area contributed by atoms with Crippen molar-refractivity contribution in [3.63, 3.8) is 0 Å². The Labute approximate surface area is 130 Å². The quantitative estimate of drug-likeness (QED) is 0.890. The van der Waals surface area contributed by atoms with Crippen LogP contribution < -0.4 is 21.6 Å². The summed E-state index contributed by atoms with van der Waals surface area (Å²) < 4.78 is 38.3. The molecule has 0 atom stereocenters. The molecule has 0 saturated heterocycles. The summed E-state index contributed by atoms with van der Waals surface area (Å²) in [5.41, 5.74) is 6.80. The highest BCUT2D eigenvalue weighted by Crippen LogP contribution is 2.30. The van der Waals surface area contributed by atoms with Gasteiger partial charge in [0.2, 0.25) is 0 Å². The van der Waals surface area contributed by atoms with Gasteiger partial charge in [0.15, 0.2) is 0 Å². The smallest absolute Gasteiger partial charge is 0.401 e. The number of aromatic nitrogens is 2. The summed E-state index contributed by atoms with van der Waals surface area (Å²) in [7, 11) is 0. The lowest BCUT2D eigenvalue weighted by molar-refractivity contribution is -0.137. The highest BCUT2D eigenvalue weighted by atomic mass is 19.4.